The molecule has 0 amide bonds. The summed E-state index contributed by atoms with van der Waals surface area (Å²) in [5.74, 6) is 0. The lowest BCUT2D eigenvalue weighted by molar-refractivity contribution is 0.174. The molecule has 0 aliphatic carbocycles. The summed E-state index contributed by atoms with van der Waals surface area (Å²) in [5, 5.41) is 3.59. The molecule has 1 saturated heterocycles. The van der Waals surface area contributed by atoms with Gasteiger partial charge in [0.15, 0.2) is 0 Å². The molecule has 20 heavy (non-hydrogen) atoms. The number of imidazole rings is 1. The molecule has 2 heterocycles. The van der Waals surface area contributed by atoms with Crippen LogP contribution in [0, 0.1) is 12.3 Å². The van der Waals surface area contributed by atoms with E-state index in [0.717, 1.165) is 31.7 Å². The van der Waals surface area contributed by atoms with Crippen molar-refractivity contribution in [1.29, 1.82) is 0 Å². The first kappa shape index (κ1) is 13.4. The largest absolute Gasteiger partial charge is 0.337 e. The number of aromatic nitrogens is 2. The van der Waals surface area contributed by atoms with Crippen LogP contribution in [0.25, 0.3) is 0 Å². The standard InChI is InChI=1S/C17H23N3/c1-15-11-20(14-19-15)13-17(8-5-9-18-12-17)10-16-6-3-2-4-7-16/h2-4,6-7,11,14,18H,5,8-10,12-13H2,1H3/t17-/m1/s1. The van der Waals surface area contributed by atoms with Crippen LogP contribution in [0.3, 0.4) is 0 Å². The van der Waals surface area contributed by atoms with Crippen molar-refractivity contribution in [3.05, 3.63) is 54.1 Å². The van der Waals surface area contributed by atoms with E-state index in [-0.39, 0.29) is 0 Å². The minimum Gasteiger partial charge on any atom is -0.337 e. The van der Waals surface area contributed by atoms with E-state index in [0.29, 0.717) is 5.41 Å². The quantitative estimate of drug-likeness (QED) is 0.925. The molecule has 0 radical (unpaired) electrons. The van der Waals surface area contributed by atoms with Gasteiger partial charge in [-0.1, -0.05) is 30.3 Å². The molecular formula is C17H23N3. The first-order valence-electron chi connectivity index (χ1n) is 7.49. The molecule has 1 N–H and O–H groups in total. The fourth-order valence-electron chi connectivity index (χ4n) is 3.35. The Labute approximate surface area is 121 Å². The lowest BCUT2D eigenvalue weighted by Crippen LogP contribution is -2.44. The Balaban J connectivity index is 1.80. The maximum atomic E-state index is 4.36. The highest BCUT2D eigenvalue weighted by Crippen LogP contribution is 2.32. The van der Waals surface area contributed by atoms with Crippen LogP contribution in [0.2, 0.25) is 0 Å². The van der Waals surface area contributed by atoms with Crippen LogP contribution >= 0.6 is 0 Å². The van der Waals surface area contributed by atoms with E-state index in [1.54, 1.807) is 0 Å². The minimum absolute atomic E-state index is 0.312. The van der Waals surface area contributed by atoms with E-state index in [4.69, 9.17) is 0 Å². The van der Waals surface area contributed by atoms with Crippen LogP contribution in [0.4, 0.5) is 0 Å². The average Bonchev–Trinajstić information content (AvgIpc) is 2.86. The summed E-state index contributed by atoms with van der Waals surface area (Å²) < 4.78 is 2.26. The average molecular weight is 269 g/mol. The number of hydrogen-bond donors (Lipinski definition) is 1. The van der Waals surface area contributed by atoms with Crippen molar-refractivity contribution in [1.82, 2.24) is 14.9 Å². The van der Waals surface area contributed by atoms with Gasteiger partial charge in [0.2, 0.25) is 0 Å². The molecule has 3 rings (SSSR count). The topological polar surface area (TPSA) is 29.9 Å². The Morgan fingerprint density at radius 2 is 2.15 bits per heavy atom. The maximum absolute atomic E-state index is 4.36. The van der Waals surface area contributed by atoms with Crippen molar-refractivity contribution >= 4 is 0 Å². The molecule has 0 bridgehead atoms. The molecule has 1 fully saturated rings. The Morgan fingerprint density at radius 3 is 2.80 bits per heavy atom. The summed E-state index contributed by atoms with van der Waals surface area (Å²) in [4.78, 5) is 4.36. The first-order valence-corrected chi connectivity index (χ1v) is 7.49. The highest BCUT2D eigenvalue weighted by Gasteiger charge is 2.32. The fraction of sp³-hybridized carbons (Fsp3) is 0.471. The molecule has 1 aromatic heterocycles. The lowest BCUT2D eigenvalue weighted by Gasteiger charge is -2.38. The first-order chi connectivity index (χ1) is 9.76. The van der Waals surface area contributed by atoms with Gasteiger partial charge in [-0.2, -0.15) is 0 Å². The van der Waals surface area contributed by atoms with E-state index < -0.39 is 0 Å². The lowest BCUT2D eigenvalue weighted by atomic mass is 9.75. The van der Waals surface area contributed by atoms with E-state index in [9.17, 15) is 0 Å². The molecule has 0 unspecified atom stereocenters. The second-order valence-electron chi connectivity index (χ2n) is 6.13. The maximum Gasteiger partial charge on any atom is 0.0949 e. The van der Waals surface area contributed by atoms with Gasteiger partial charge in [-0.25, -0.2) is 4.98 Å². The third kappa shape index (κ3) is 3.10. The monoisotopic (exact) mass is 269 g/mol. The summed E-state index contributed by atoms with van der Waals surface area (Å²) in [6, 6.07) is 10.9. The molecule has 1 aromatic carbocycles. The number of piperidine rings is 1. The Kier molecular flexibility index (Phi) is 3.88. The fourth-order valence-corrected chi connectivity index (χ4v) is 3.35. The predicted molar refractivity (Wildman–Crippen MR) is 81.6 cm³/mol. The smallest absolute Gasteiger partial charge is 0.0949 e. The number of nitrogens with one attached hydrogen (secondary N) is 1. The molecule has 3 heteroatoms. The van der Waals surface area contributed by atoms with Crippen LogP contribution in [-0.2, 0) is 13.0 Å². The van der Waals surface area contributed by atoms with Gasteiger partial charge in [-0.15, -0.1) is 0 Å². The molecule has 106 valence electrons. The summed E-state index contributed by atoms with van der Waals surface area (Å²) in [6.07, 6.45) is 7.81. The van der Waals surface area contributed by atoms with Crippen molar-refractivity contribution < 1.29 is 0 Å². The highest BCUT2D eigenvalue weighted by atomic mass is 15.0. The zero-order valence-corrected chi connectivity index (χ0v) is 12.2. The second-order valence-corrected chi connectivity index (χ2v) is 6.13. The SMILES string of the molecule is Cc1cn(C[C@@]2(Cc3ccccc3)CCCNC2)cn1. The van der Waals surface area contributed by atoms with Crippen LogP contribution in [0.15, 0.2) is 42.9 Å². The highest BCUT2D eigenvalue weighted by molar-refractivity contribution is 5.17. The Morgan fingerprint density at radius 1 is 1.30 bits per heavy atom. The molecule has 0 spiro atoms. The molecule has 1 atom stereocenters. The zero-order valence-electron chi connectivity index (χ0n) is 12.2. The van der Waals surface area contributed by atoms with Gasteiger partial charge in [0, 0.05) is 24.7 Å². The van der Waals surface area contributed by atoms with Crippen LogP contribution in [0.5, 0.6) is 0 Å². The number of rotatable bonds is 4. The zero-order chi connectivity index (χ0) is 13.8. The third-order valence-corrected chi connectivity index (χ3v) is 4.26. The van der Waals surface area contributed by atoms with Crippen LogP contribution in [0.1, 0.15) is 24.1 Å². The van der Waals surface area contributed by atoms with Gasteiger partial charge < -0.3 is 9.88 Å². The van der Waals surface area contributed by atoms with Gasteiger partial charge >= 0.3 is 0 Å². The van der Waals surface area contributed by atoms with Crippen molar-refractivity contribution in [2.75, 3.05) is 13.1 Å². The minimum atomic E-state index is 0.312. The number of hydrogen-bond acceptors (Lipinski definition) is 2. The Bertz CT molecular complexity index is 538. The molecule has 2 aromatic rings. The Hall–Kier alpha value is -1.61. The van der Waals surface area contributed by atoms with Crippen LogP contribution < -0.4 is 5.32 Å². The van der Waals surface area contributed by atoms with E-state index >= 15 is 0 Å². The normalized spacial score (nSPS) is 22.9. The molecule has 3 nitrogen and oxygen atoms in total. The summed E-state index contributed by atoms with van der Waals surface area (Å²) >= 11 is 0. The number of nitrogens with zero attached hydrogens (tertiary/aromatic N) is 2. The van der Waals surface area contributed by atoms with Crippen molar-refractivity contribution in [3.63, 3.8) is 0 Å². The predicted octanol–water partition coefficient (Wildman–Crippen LogP) is 2.80. The van der Waals surface area contributed by atoms with E-state index in [1.165, 1.54) is 18.4 Å². The molecular weight excluding hydrogens is 246 g/mol. The van der Waals surface area contributed by atoms with Crippen molar-refractivity contribution in [2.45, 2.75) is 32.7 Å². The van der Waals surface area contributed by atoms with Crippen molar-refractivity contribution in [3.8, 4) is 0 Å². The van der Waals surface area contributed by atoms with Gasteiger partial charge in [0.1, 0.15) is 0 Å². The van der Waals surface area contributed by atoms with E-state index in [1.807, 2.05) is 6.33 Å². The summed E-state index contributed by atoms with van der Waals surface area (Å²) in [5.41, 5.74) is 2.85. The summed E-state index contributed by atoms with van der Waals surface area (Å²) in [6.45, 7) is 5.36. The van der Waals surface area contributed by atoms with Gasteiger partial charge in [-0.3, -0.25) is 0 Å². The molecule has 0 saturated carbocycles. The van der Waals surface area contributed by atoms with Gasteiger partial charge in [0.25, 0.3) is 0 Å². The molecule has 1 aliphatic heterocycles. The van der Waals surface area contributed by atoms with Gasteiger partial charge in [0.05, 0.1) is 12.0 Å². The van der Waals surface area contributed by atoms with Crippen LogP contribution in [-0.4, -0.2) is 22.6 Å². The van der Waals surface area contributed by atoms with E-state index in [2.05, 4.69) is 58.3 Å². The third-order valence-electron chi connectivity index (χ3n) is 4.26. The van der Waals surface area contributed by atoms with Crippen molar-refractivity contribution in [2.24, 2.45) is 5.41 Å². The number of aryl methyl sites for hydroxylation is 1. The van der Waals surface area contributed by atoms with Gasteiger partial charge in [-0.05, 0) is 38.3 Å². The summed E-state index contributed by atoms with van der Waals surface area (Å²) in [7, 11) is 0. The second kappa shape index (κ2) is 5.80. The number of benzene rings is 1. The molecule has 1 aliphatic rings.